The number of hydrogen-bond acceptors (Lipinski definition) is 7. The number of ether oxygens (including phenoxy) is 2. The van der Waals surface area contributed by atoms with Crippen molar-refractivity contribution in [1.82, 2.24) is 19.5 Å². The Hall–Kier alpha value is -1.01. The molecule has 0 spiro atoms. The molecular formula is C13H20N5O3Tl. The number of nitrogens with one attached hydrogen (secondary N) is 1. The second-order valence-corrected chi connectivity index (χ2v) is 5.82. The predicted octanol–water partition coefficient (Wildman–Crippen LogP) is 1.03. The number of hydrogen-bond donors (Lipinski definition) is 2. The van der Waals surface area contributed by atoms with E-state index in [2.05, 4.69) is 18.1 Å². The molecule has 2 heterocycles. The summed E-state index contributed by atoms with van der Waals surface area (Å²) in [6, 6.07) is 0. The van der Waals surface area contributed by atoms with E-state index in [4.69, 9.17) is 9.47 Å². The van der Waals surface area contributed by atoms with Gasteiger partial charge in [0.1, 0.15) is 0 Å². The monoisotopic (exact) mass is 499 g/mol. The van der Waals surface area contributed by atoms with Crippen molar-refractivity contribution in [2.24, 2.45) is 0 Å². The molecule has 0 saturated carbocycles. The van der Waals surface area contributed by atoms with E-state index in [1.54, 1.807) is 6.33 Å². The van der Waals surface area contributed by atoms with Crippen molar-refractivity contribution in [2.75, 3.05) is 16.3 Å². The summed E-state index contributed by atoms with van der Waals surface area (Å²) in [5.74, 6) is 1.000. The maximum atomic E-state index is 9.28. The molecule has 2 atom stereocenters. The average molecular weight is 499 g/mol. The van der Waals surface area contributed by atoms with E-state index in [-0.39, 0.29) is 18.9 Å². The Morgan fingerprint density at radius 1 is 1.41 bits per heavy atom. The second kappa shape index (κ2) is 8.02. The van der Waals surface area contributed by atoms with Gasteiger partial charge in [-0.05, 0) is 0 Å². The summed E-state index contributed by atoms with van der Waals surface area (Å²) in [6.07, 6.45) is 1.89. The van der Waals surface area contributed by atoms with Crippen LogP contribution in [0, 0.1) is 0 Å². The maximum absolute atomic E-state index is 9.28. The van der Waals surface area contributed by atoms with Crippen LogP contribution < -0.4 is 7.86 Å². The molecule has 0 fully saturated rings. The number of aromatic nitrogens is 4. The van der Waals surface area contributed by atoms with Gasteiger partial charge in [0.25, 0.3) is 0 Å². The minimum atomic E-state index is -0.295. The van der Waals surface area contributed by atoms with Gasteiger partial charge in [0.15, 0.2) is 0 Å². The van der Waals surface area contributed by atoms with Gasteiger partial charge in [-0.15, -0.1) is 0 Å². The zero-order chi connectivity index (χ0) is 16.1. The van der Waals surface area contributed by atoms with E-state index in [1.807, 2.05) is 25.3 Å². The van der Waals surface area contributed by atoms with Gasteiger partial charge in [-0.3, -0.25) is 0 Å². The minimum absolute atomic E-state index is 0.0128. The molecule has 0 bridgehead atoms. The van der Waals surface area contributed by atoms with Crippen molar-refractivity contribution in [2.45, 2.75) is 39.5 Å². The molecule has 0 saturated heterocycles. The number of nitrogens with zero attached hydrogens (tertiary/aromatic N) is 4. The molecule has 9 heteroatoms. The van der Waals surface area contributed by atoms with Crippen LogP contribution in [0.2, 0.25) is 0 Å². The van der Waals surface area contributed by atoms with Crippen LogP contribution in [0.25, 0.3) is 11.2 Å². The normalized spacial score (nSPS) is 14.0. The first-order valence-electron chi connectivity index (χ1n) is 7.24. The van der Waals surface area contributed by atoms with E-state index >= 15 is 0 Å². The first kappa shape index (κ1) is 17.3. The average Bonchev–Trinajstić information content (AvgIpc) is 2.96. The summed E-state index contributed by atoms with van der Waals surface area (Å²) >= 11 is 0.529. The molecular weight excluding hydrogens is 479 g/mol. The third-order valence-corrected chi connectivity index (χ3v) is 4.24. The number of fused-ring (bicyclic) bond motifs is 1. The van der Waals surface area contributed by atoms with E-state index in [0.29, 0.717) is 55.7 Å². The van der Waals surface area contributed by atoms with Gasteiger partial charge in [0.05, 0.1) is 0 Å². The Bertz CT molecular complexity index is 617. The van der Waals surface area contributed by atoms with Crippen molar-refractivity contribution < 1.29 is 14.6 Å². The summed E-state index contributed by atoms with van der Waals surface area (Å²) < 4.78 is 16.3. The van der Waals surface area contributed by atoms with Gasteiger partial charge in [-0.2, -0.15) is 0 Å². The predicted molar refractivity (Wildman–Crippen MR) is 82.8 cm³/mol. The molecule has 118 valence electrons. The summed E-state index contributed by atoms with van der Waals surface area (Å²) in [6.45, 7) is 6.27. The van der Waals surface area contributed by atoms with Crippen LogP contribution in [-0.2, 0) is 4.74 Å². The van der Waals surface area contributed by atoms with Crippen LogP contribution in [0.1, 0.15) is 33.4 Å². The van der Waals surface area contributed by atoms with Crippen LogP contribution in [0.4, 0.5) is 5.95 Å². The fourth-order valence-corrected chi connectivity index (χ4v) is 2.57. The molecule has 8 nitrogen and oxygen atoms in total. The summed E-state index contributed by atoms with van der Waals surface area (Å²) in [4.78, 5) is 13.1. The number of rotatable bonds is 8. The molecule has 2 N–H and O–H groups in total. The molecule has 0 aliphatic rings. The van der Waals surface area contributed by atoms with E-state index in [9.17, 15) is 5.11 Å². The molecule has 2 aromatic heterocycles. The quantitative estimate of drug-likeness (QED) is 0.525. The van der Waals surface area contributed by atoms with Gasteiger partial charge >= 0.3 is 145 Å². The van der Waals surface area contributed by atoms with E-state index < -0.39 is 0 Å². The molecule has 22 heavy (non-hydrogen) atoms. The van der Waals surface area contributed by atoms with Crippen molar-refractivity contribution in [3.8, 4) is 5.88 Å². The third-order valence-electron chi connectivity index (χ3n) is 3.24. The van der Waals surface area contributed by atoms with Crippen LogP contribution in [0.5, 0.6) is 5.88 Å². The number of imidazole rings is 1. The van der Waals surface area contributed by atoms with Gasteiger partial charge in [-0.25, -0.2) is 0 Å². The van der Waals surface area contributed by atoms with Gasteiger partial charge < -0.3 is 0 Å². The fourth-order valence-electron chi connectivity index (χ4n) is 2.07. The Morgan fingerprint density at radius 3 is 2.77 bits per heavy atom. The van der Waals surface area contributed by atoms with Crippen molar-refractivity contribution in [3.05, 3.63) is 6.33 Å². The number of aliphatic hydroxyl groups excluding tert-OH is 1. The van der Waals surface area contributed by atoms with Crippen molar-refractivity contribution >= 4 is 43.2 Å². The second-order valence-electron chi connectivity index (χ2n) is 4.70. The topological polar surface area (TPSA) is 94.3 Å². The molecule has 0 aliphatic heterocycles. The first-order valence-corrected chi connectivity index (χ1v) is 9.49. The summed E-state index contributed by atoms with van der Waals surface area (Å²) in [7, 11) is 0. The van der Waals surface area contributed by atoms with Crippen LogP contribution >= 0.6 is 0 Å². The van der Waals surface area contributed by atoms with Gasteiger partial charge in [0, 0.05) is 0 Å². The Morgan fingerprint density at radius 2 is 2.18 bits per heavy atom. The van der Waals surface area contributed by atoms with E-state index in [1.165, 1.54) is 0 Å². The van der Waals surface area contributed by atoms with Crippen LogP contribution in [-0.4, -0.2) is 70.0 Å². The van der Waals surface area contributed by atoms with Gasteiger partial charge in [0.2, 0.25) is 0 Å². The number of aliphatic hydroxyl groups is 1. The molecule has 2 aromatic rings. The molecule has 0 radical (unpaired) electrons. The van der Waals surface area contributed by atoms with E-state index in [0.717, 1.165) is 6.42 Å². The Kier molecular flexibility index (Phi) is 6.32. The zero-order valence-electron chi connectivity index (χ0n) is 13.0. The third kappa shape index (κ3) is 3.66. The molecule has 0 aromatic carbocycles. The Balaban J connectivity index is 2.40. The molecule has 2 unspecified atom stereocenters. The van der Waals surface area contributed by atoms with Crippen LogP contribution in [0.3, 0.4) is 0 Å². The fraction of sp³-hybridized carbons (Fsp3) is 0.615. The van der Waals surface area contributed by atoms with Crippen molar-refractivity contribution in [1.29, 1.82) is 0 Å². The standard InChI is InChI=1S/C13H20N5O3.Tl/c1-4-9(6-19)21-8(3)18-7-15-10-11(18)16-13(14)17-12(10)20-5-2;/h7-9,19H,4-6H2,1-3H3,(H-,14,16,17);/q-1;+1. The first-order chi connectivity index (χ1) is 10.6. The SMILES string of the molecule is CCOc1nc([NH][Tl])nc2c1ncn2C(C)OC(CC)CO. The molecule has 0 amide bonds. The van der Waals surface area contributed by atoms with Gasteiger partial charge in [-0.1, -0.05) is 0 Å². The zero-order valence-corrected chi connectivity index (χ0v) is 17.5. The van der Waals surface area contributed by atoms with Crippen molar-refractivity contribution in [3.63, 3.8) is 0 Å². The summed E-state index contributed by atoms with van der Waals surface area (Å²) in [5.41, 5.74) is 1.26. The Labute approximate surface area is 145 Å². The molecule has 0 aliphatic carbocycles. The molecule has 2 rings (SSSR count). The number of anilines is 1. The summed E-state index contributed by atoms with van der Waals surface area (Å²) in [5, 5.41) is 9.28. The van der Waals surface area contributed by atoms with Crippen LogP contribution in [0.15, 0.2) is 6.33 Å².